The van der Waals surface area contributed by atoms with Crippen LogP contribution in [-0.4, -0.2) is 25.2 Å². The average Bonchev–Trinajstić information content (AvgIpc) is 2.37. The Kier molecular flexibility index (Phi) is 2.82. The number of nitrogens with two attached hydrogens (primary N) is 1. The quantitative estimate of drug-likeness (QED) is 0.629. The molecule has 5 nitrogen and oxygen atoms in total. The van der Waals surface area contributed by atoms with Gasteiger partial charge in [-0.2, -0.15) is 0 Å². The van der Waals surface area contributed by atoms with Gasteiger partial charge in [-0.3, -0.25) is 0 Å². The van der Waals surface area contributed by atoms with Gasteiger partial charge in [-0.15, -0.1) is 0 Å². The molecule has 0 saturated heterocycles. The van der Waals surface area contributed by atoms with E-state index >= 15 is 0 Å². The van der Waals surface area contributed by atoms with E-state index in [0.717, 1.165) is 5.39 Å². The van der Waals surface area contributed by atoms with Crippen molar-refractivity contribution < 1.29 is 14.3 Å². The molecule has 17 heavy (non-hydrogen) atoms. The molecule has 5 heteroatoms. The van der Waals surface area contributed by atoms with E-state index in [4.69, 9.17) is 10.5 Å². The van der Waals surface area contributed by atoms with Gasteiger partial charge in [-0.1, -0.05) is 6.07 Å². The van der Waals surface area contributed by atoms with Crippen LogP contribution < -0.4 is 10.5 Å². The average molecular weight is 232 g/mol. The fourth-order valence-corrected chi connectivity index (χ4v) is 1.62. The zero-order valence-electron chi connectivity index (χ0n) is 9.56. The molecule has 0 aliphatic rings. The lowest BCUT2D eigenvalue weighted by molar-refractivity contribution is 0.0594. The third-order valence-electron chi connectivity index (χ3n) is 2.45. The predicted octanol–water partition coefficient (Wildman–Crippen LogP) is 1.61. The Balaban J connectivity index is 2.76. The van der Waals surface area contributed by atoms with Crippen LogP contribution in [-0.2, 0) is 4.74 Å². The molecule has 0 bridgehead atoms. The fraction of sp³-hybridized carbons (Fsp3) is 0.167. The molecule has 88 valence electrons. The SMILES string of the molecule is COC(=O)c1cc(OC)c2cccc(N)c2n1. The Labute approximate surface area is 98.2 Å². The number of hydrogen-bond donors (Lipinski definition) is 1. The predicted molar refractivity (Wildman–Crippen MR) is 64.0 cm³/mol. The number of ether oxygens (including phenoxy) is 2. The van der Waals surface area contributed by atoms with Gasteiger partial charge in [0.25, 0.3) is 0 Å². The van der Waals surface area contributed by atoms with Crippen molar-refractivity contribution in [1.29, 1.82) is 0 Å². The van der Waals surface area contributed by atoms with Gasteiger partial charge in [0, 0.05) is 11.5 Å². The molecular formula is C12H12N2O3. The molecule has 0 radical (unpaired) electrons. The molecule has 0 fully saturated rings. The molecule has 0 unspecified atom stereocenters. The molecule has 0 amide bonds. The second kappa shape index (κ2) is 4.29. The van der Waals surface area contributed by atoms with E-state index < -0.39 is 5.97 Å². The Morgan fingerprint density at radius 3 is 2.76 bits per heavy atom. The Bertz CT molecular complexity index is 581. The van der Waals surface area contributed by atoms with Gasteiger partial charge in [-0.25, -0.2) is 9.78 Å². The number of methoxy groups -OCH3 is 2. The third-order valence-corrected chi connectivity index (χ3v) is 2.45. The van der Waals surface area contributed by atoms with Crippen molar-refractivity contribution in [2.24, 2.45) is 0 Å². The van der Waals surface area contributed by atoms with Crippen LogP contribution in [0.2, 0.25) is 0 Å². The molecule has 1 heterocycles. The largest absolute Gasteiger partial charge is 0.496 e. The summed E-state index contributed by atoms with van der Waals surface area (Å²) in [5.41, 5.74) is 7.02. The van der Waals surface area contributed by atoms with E-state index in [1.165, 1.54) is 20.3 Å². The standard InChI is InChI=1S/C12H12N2O3/c1-16-10-6-9(12(15)17-2)14-11-7(10)4-3-5-8(11)13/h3-6H,13H2,1-2H3. The zero-order chi connectivity index (χ0) is 12.4. The second-order valence-electron chi connectivity index (χ2n) is 3.44. The minimum atomic E-state index is -0.520. The van der Waals surface area contributed by atoms with E-state index in [-0.39, 0.29) is 5.69 Å². The minimum absolute atomic E-state index is 0.176. The van der Waals surface area contributed by atoms with Crippen LogP contribution in [0.5, 0.6) is 5.75 Å². The van der Waals surface area contributed by atoms with Crippen molar-refractivity contribution in [2.45, 2.75) is 0 Å². The van der Waals surface area contributed by atoms with E-state index in [1.807, 2.05) is 6.07 Å². The monoisotopic (exact) mass is 232 g/mol. The Hall–Kier alpha value is -2.30. The van der Waals surface area contributed by atoms with E-state index in [0.29, 0.717) is 17.0 Å². The molecular weight excluding hydrogens is 220 g/mol. The summed E-state index contributed by atoms with van der Waals surface area (Å²) in [5.74, 6) is 0.0242. The summed E-state index contributed by atoms with van der Waals surface area (Å²) in [6.07, 6.45) is 0. The molecule has 0 aliphatic heterocycles. The molecule has 1 aromatic heterocycles. The maximum Gasteiger partial charge on any atom is 0.356 e. The van der Waals surface area contributed by atoms with Crippen molar-refractivity contribution in [3.05, 3.63) is 30.0 Å². The maximum absolute atomic E-state index is 11.5. The highest BCUT2D eigenvalue weighted by Gasteiger charge is 2.13. The van der Waals surface area contributed by atoms with E-state index in [2.05, 4.69) is 9.72 Å². The zero-order valence-corrected chi connectivity index (χ0v) is 9.56. The first-order chi connectivity index (χ1) is 8.17. The topological polar surface area (TPSA) is 74.4 Å². The van der Waals surface area contributed by atoms with Crippen LogP contribution in [0, 0.1) is 0 Å². The lowest BCUT2D eigenvalue weighted by atomic mass is 10.1. The Morgan fingerprint density at radius 2 is 2.12 bits per heavy atom. The second-order valence-corrected chi connectivity index (χ2v) is 3.44. The van der Waals surface area contributed by atoms with Gasteiger partial charge in [0.05, 0.1) is 25.4 Å². The van der Waals surface area contributed by atoms with Crippen LogP contribution in [0.15, 0.2) is 24.3 Å². The number of aromatic nitrogens is 1. The number of hydrogen-bond acceptors (Lipinski definition) is 5. The summed E-state index contributed by atoms with van der Waals surface area (Å²) < 4.78 is 9.84. The Morgan fingerprint density at radius 1 is 1.35 bits per heavy atom. The molecule has 2 aromatic rings. The molecule has 0 aliphatic carbocycles. The fourth-order valence-electron chi connectivity index (χ4n) is 1.62. The summed E-state index contributed by atoms with van der Waals surface area (Å²) in [6, 6.07) is 6.89. The number of rotatable bonds is 2. The number of carbonyl (C=O) groups excluding carboxylic acids is 1. The van der Waals surface area contributed by atoms with Gasteiger partial charge in [0.2, 0.25) is 0 Å². The highest BCUT2D eigenvalue weighted by molar-refractivity contribution is 5.98. The summed E-state index contributed by atoms with van der Waals surface area (Å²) in [6.45, 7) is 0. The maximum atomic E-state index is 11.5. The van der Waals surface area contributed by atoms with Crippen molar-refractivity contribution in [3.63, 3.8) is 0 Å². The van der Waals surface area contributed by atoms with Gasteiger partial charge in [-0.05, 0) is 12.1 Å². The number of pyridine rings is 1. The summed E-state index contributed by atoms with van der Waals surface area (Å²) >= 11 is 0. The number of fused-ring (bicyclic) bond motifs is 1. The van der Waals surface area contributed by atoms with Gasteiger partial charge >= 0.3 is 5.97 Å². The van der Waals surface area contributed by atoms with Crippen molar-refractivity contribution in [3.8, 4) is 5.75 Å². The number of nitrogens with zero attached hydrogens (tertiary/aromatic N) is 1. The summed E-state index contributed by atoms with van der Waals surface area (Å²) in [5, 5.41) is 0.764. The molecule has 2 N–H and O–H groups in total. The number of para-hydroxylation sites is 1. The van der Waals surface area contributed by atoms with Crippen LogP contribution in [0.3, 0.4) is 0 Å². The summed E-state index contributed by atoms with van der Waals surface area (Å²) in [4.78, 5) is 15.6. The minimum Gasteiger partial charge on any atom is -0.496 e. The molecule has 2 rings (SSSR count). The van der Waals surface area contributed by atoms with Crippen LogP contribution in [0.25, 0.3) is 10.9 Å². The van der Waals surface area contributed by atoms with Crippen molar-refractivity contribution >= 4 is 22.6 Å². The first-order valence-electron chi connectivity index (χ1n) is 4.99. The summed E-state index contributed by atoms with van der Waals surface area (Å²) in [7, 11) is 2.83. The number of anilines is 1. The smallest absolute Gasteiger partial charge is 0.356 e. The normalized spacial score (nSPS) is 10.2. The van der Waals surface area contributed by atoms with Crippen molar-refractivity contribution in [2.75, 3.05) is 20.0 Å². The van der Waals surface area contributed by atoms with Crippen LogP contribution in [0.1, 0.15) is 10.5 Å². The number of carbonyl (C=O) groups is 1. The molecule has 1 aromatic carbocycles. The van der Waals surface area contributed by atoms with Crippen LogP contribution >= 0.6 is 0 Å². The highest BCUT2D eigenvalue weighted by atomic mass is 16.5. The molecule has 0 spiro atoms. The molecule has 0 saturated carbocycles. The first-order valence-corrected chi connectivity index (χ1v) is 4.99. The number of benzene rings is 1. The van der Waals surface area contributed by atoms with E-state index in [9.17, 15) is 4.79 Å². The van der Waals surface area contributed by atoms with Crippen LogP contribution in [0.4, 0.5) is 5.69 Å². The number of esters is 1. The van der Waals surface area contributed by atoms with Gasteiger partial charge < -0.3 is 15.2 Å². The lowest BCUT2D eigenvalue weighted by Crippen LogP contribution is -2.06. The number of nitrogen functional groups attached to an aromatic ring is 1. The first kappa shape index (κ1) is 11.2. The molecule has 0 atom stereocenters. The van der Waals surface area contributed by atoms with Gasteiger partial charge in [0.15, 0.2) is 5.69 Å². The van der Waals surface area contributed by atoms with E-state index in [1.54, 1.807) is 12.1 Å². The third kappa shape index (κ3) is 1.87. The van der Waals surface area contributed by atoms with Crippen molar-refractivity contribution in [1.82, 2.24) is 4.98 Å². The highest BCUT2D eigenvalue weighted by Crippen LogP contribution is 2.28. The van der Waals surface area contributed by atoms with Gasteiger partial charge in [0.1, 0.15) is 5.75 Å². The lowest BCUT2D eigenvalue weighted by Gasteiger charge is -2.08.